The Morgan fingerprint density at radius 1 is 0.783 bits per heavy atom. The van der Waals surface area contributed by atoms with Gasteiger partial charge in [0, 0.05) is 17.1 Å². The summed E-state index contributed by atoms with van der Waals surface area (Å²) in [7, 11) is 0.673. The number of benzene rings is 3. The maximum atomic E-state index is 8.80. The Balaban J connectivity index is 2.08. The first-order valence-electron chi connectivity index (χ1n) is 7.12. The van der Waals surface area contributed by atoms with Gasteiger partial charge >= 0.3 is 7.69 Å². The Morgan fingerprint density at radius 2 is 1.35 bits per heavy atom. The number of anilines is 3. The third kappa shape index (κ3) is 3.58. The lowest BCUT2D eigenvalue weighted by molar-refractivity contribution is 0.452. The van der Waals surface area contributed by atoms with E-state index in [-0.39, 0.29) is 0 Å². The van der Waals surface area contributed by atoms with Crippen molar-refractivity contribution in [2.75, 3.05) is 4.90 Å². The van der Waals surface area contributed by atoms with Crippen LogP contribution in [0.3, 0.4) is 0 Å². The van der Waals surface area contributed by atoms with E-state index in [1.54, 1.807) is 0 Å². The van der Waals surface area contributed by atoms with Crippen LogP contribution in [0, 0.1) is 0 Å². The molecule has 3 rings (SSSR count). The summed E-state index contributed by atoms with van der Waals surface area (Å²) >= 11 is 3.48. The second kappa shape index (κ2) is 7.35. The highest BCUT2D eigenvalue weighted by molar-refractivity contribution is 9.10. The van der Waals surface area contributed by atoms with Crippen LogP contribution < -0.4 is 9.55 Å². The molecule has 0 bridgehead atoms. The summed E-state index contributed by atoms with van der Waals surface area (Å²) in [6.07, 6.45) is 0. The van der Waals surface area contributed by atoms with Crippen molar-refractivity contribution in [2.24, 2.45) is 0 Å². The van der Waals surface area contributed by atoms with Gasteiger partial charge in [-0.25, -0.2) is 0 Å². The van der Waals surface area contributed by atoms with Gasteiger partial charge in [0.1, 0.15) is 5.75 Å². The SMILES string of the molecule is O[B]Oc1ccc(N(c2ccccc2)c2ccccc2)cc1Br. The normalized spacial score (nSPS) is 10.2. The lowest BCUT2D eigenvalue weighted by atomic mass is 10.2. The van der Waals surface area contributed by atoms with E-state index < -0.39 is 0 Å². The number of hydrogen-bond donors (Lipinski definition) is 1. The van der Waals surface area contributed by atoms with E-state index in [1.807, 2.05) is 54.6 Å². The number of para-hydroxylation sites is 2. The Morgan fingerprint density at radius 3 is 1.83 bits per heavy atom. The van der Waals surface area contributed by atoms with Gasteiger partial charge in [0.25, 0.3) is 0 Å². The summed E-state index contributed by atoms with van der Waals surface area (Å²) in [6.45, 7) is 0. The van der Waals surface area contributed by atoms with Crippen LogP contribution in [-0.4, -0.2) is 12.7 Å². The lowest BCUT2D eigenvalue weighted by Crippen LogP contribution is -2.10. The van der Waals surface area contributed by atoms with Crippen molar-refractivity contribution in [3.8, 4) is 5.75 Å². The molecule has 3 aromatic carbocycles. The number of halogens is 1. The molecule has 0 unspecified atom stereocenters. The van der Waals surface area contributed by atoms with Gasteiger partial charge in [-0.15, -0.1) is 0 Å². The van der Waals surface area contributed by atoms with Crippen LogP contribution in [0.15, 0.2) is 83.3 Å². The molecule has 0 heterocycles. The minimum absolute atomic E-state index is 0.553. The summed E-state index contributed by atoms with van der Waals surface area (Å²) in [5.74, 6) is 0.553. The molecule has 0 aliphatic carbocycles. The Hall–Kier alpha value is -2.24. The zero-order valence-corrected chi connectivity index (χ0v) is 13.8. The van der Waals surface area contributed by atoms with E-state index in [2.05, 4.69) is 45.1 Å². The maximum absolute atomic E-state index is 8.80. The molecule has 0 amide bonds. The largest absolute Gasteiger partial charge is 0.569 e. The van der Waals surface area contributed by atoms with Crippen LogP contribution in [0.2, 0.25) is 0 Å². The molecule has 0 fully saturated rings. The van der Waals surface area contributed by atoms with Crippen molar-refractivity contribution in [2.45, 2.75) is 0 Å². The molecular formula is C18H14BBrNO2. The second-order valence-corrected chi connectivity index (χ2v) is 5.70. The van der Waals surface area contributed by atoms with Crippen molar-refractivity contribution in [3.63, 3.8) is 0 Å². The third-order valence-corrected chi connectivity index (χ3v) is 4.00. The molecule has 1 N–H and O–H groups in total. The third-order valence-electron chi connectivity index (χ3n) is 3.38. The number of hydrogen-bond acceptors (Lipinski definition) is 3. The summed E-state index contributed by atoms with van der Waals surface area (Å²) in [4.78, 5) is 2.15. The molecule has 0 saturated heterocycles. The zero-order valence-electron chi connectivity index (χ0n) is 12.3. The van der Waals surface area contributed by atoms with Gasteiger partial charge < -0.3 is 14.6 Å². The van der Waals surface area contributed by atoms with Gasteiger partial charge in [0.2, 0.25) is 0 Å². The maximum Gasteiger partial charge on any atom is 0.569 e. The monoisotopic (exact) mass is 366 g/mol. The van der Waals surface area contributed by atoms with Crippen LogP contribution in [0.5, 0.6) is 5.75 Å². The summed E-state index contributed by atoms with van der Waals surface area (Å²) in [6, 6.07) is 26.0. The molecule has 1 radical (unpaired) electrons. The molecule has 3 aromatic rings. The zero-order chi connectivity index (χ0) is 16.1. The molecule has 5 heteroatoms. The predicted octanol–water partition coefficient (Wildman–Crippen LogP) is 4.82. The molecular weight excluding hydrogens is 353 g/mol. The van der Waals surface area contributed by atoms with Crippen molar-refractivity contribution in [1.29, 1.82) is 0 Å². The molecule has 0 saturated carbocycles. The van der Waals surface area contributed by atoms with E-state index in [9.17, 15) is 0 Å². The molecule has 0 aliphatic heterocycles. The van der Waals surface area contributed by atoms with Crippen LogP contribution >= 0.6 is 15.9 Å². The van der Waals surface area contributed by atoms with E-state index in [1.165, 1.54) is 0 Å². The van der Waals surface area contributed by atoms with Gasteiger partial charge in [-0.1, -0.05) is 36.4 Å². The fourth-order valence-corrected chi connectivity index (χ4v) is 2.84. The molecule has 0 atom stereocenters. The van der Waals surface area contributed by atoms with E-state index >= 15 is 0 Å². The molecule has 0 aromatic heterocycles. The van der Waals surface area contributed by atoms with Gasteiger partial charge in [-0.3, -0.25) is 0 Å². The summed E-state index contributed by atoms with van der Waals surface area (Å²) in [5.41, 5.74) is 3.11. The van der Waals surface area contributed by atoms with Crippen LogP contribution in [0.1, 0.15) is 0 Å². The average molecular weight is 367 g/mol. The minimum Gasteiger partial charge on any atom is -0.537 e. The number of rotatable bonds is 5. The van der Waals surface area contributed by atoms with Gasteiger partial charge in [-0.2, -0.15) is 0 Å². The van der Waals surface area contributed by atoms with Gasteiger partial charge in [0.15, 0.2) is 0 Å². The fraction of sp³-hybridized carbons (Fsp3) is 0. The molecule has 23 heavy (non-hydrogen) atoms. The van der Waals surface area contributed by atoms with Crippen LogP contribution in [-0.2, 0) is 0 Å². The number of nitrogens with zero attached hydrogens (tertiary/aromatic N) is 1. The highest BCUT2D eigenvalue weighted by atomic mass is 79.9. The first-order chi connectivity index (χ1) is 11.3. The molecule has 3 nitrogen and oxygen atoms in total. The Bertz CT molecular complexity index is 729. The van der Waals surface area contributed by atoms with E-state index in [0.29, 0.717) is 13.4 Å². The highest BCUT2D eigenvalue weighted by Crippen LogP contribution is 2.37. The van der Waals surface area contributed by atoms with E-state index in [0.717, 1.165) is 21.5 Å². The standard InChI is InChI=1S/C18H14BBrNO2/c20-17-13-16(11-12-18(17)23-19-22)21(14-7-3-1-4-8-14)15-9-5-2-6-10-15/h1-13,22H. The van der Waals surface area contributed by atoms with Crippen molar-refractivity contribution in [1.82, 2.24) is 0 Å². The van der Waals surface area contributed by atoms with Crippen molar-refractivity contribution >= 4 is 40.7 Å². The van der Waals surface area contributed by atoms with Crippen LogP contribution in [0.25, 0.3) is 0 Å². The van der Waals surface area contributed by atoms with E-state index in [4.69, 9.17) is 9.68 Å². The second-order valence-electron chi connectivity index (χ2n) is 4.84. The van der Waals surface area contributed by atoms with Gasteiger partial charge in [-0.05, 0) is 58.4 Å². The smallest absolute Gasteiger partial charge is 0.537 e. The van der Waals surface area contributed by atoms with Crippen molar-refractivity contribution < 1.29 is 9.68 Å². The Labute approximate surface area is 144 Å². The molecule has 113 valence electrons. The lowest BCUT2D eigenvalue weighted by Gasteiger charge is -2.25. The van der Waals surface area contributed by atoms with Crippen molar-refractivity contribution in [3.05, 3.63) is 83.3 Å². The highest BCUT2D eigenvalue weighted by Gasteiger charge is 2.13. The quantitative estimate of drug-likeness (QED) is 0.657. The summed E-state index contributed by atoms with van der Waals surface area (Å²) in [5, 5.41) is 8.80. The average Bonchev–Trinajstić information content (AvgIpc) is 2.60. The first kappa shape index (κ1) is 15.7. The summed E-state index contributed by atoms with van der Waals surface area (Å²) < 4.78 is 5.81. The van der Waals surface area contributed by atoms with Gasteiger partial charge in [0.05, 0.1) is 4.47 Å². The topological polar surface area (TPSA) is 32.7 Å². The Kier molecular flexibility index (Phi) is 5.00. The fourth-order valence-electron chi connectivity index (χ4n) is 2.38. The molecule has 0 aliphatic rings. The first-order valence-corrected chi connectivity index (χ1v) is 7.91. The van der Waals surface area contributed by atoms with Crippen LogP contribution in [0.4, 0.5) is 17.1 Å². The molecule has 0 spiro atoms. The minimum atomic E-state index is 0.553. The predicted molar refractivity (Wildman–Crippen MR) is 97.4 cm³/mol.